The molecule has 0 heterocycles. The van der Waals surface area contributed by atoms with E-state index >= 15 is 0 Å². The molecule has 0 aromatic heterocycles. The van der Waals surface area contributed by atoms with Crippen molar-refractivity contribution in [2.75, 3.05) is 18.5 Å². The number of hydrogen-bond donors (Lipinski definition) is 1. The summed E-state index contributed by atoms with van der Waals surface area (Å²) in [5, 5.41) is 0. The summed E-state index contributed by atoms with van der Waals surface area (Å²) in [6.07, 6.45) is 0. The summed E-state index contributed by atoms with van der Waals surface area (Å²) >= 11 is 1.50. The van der Waals surface area contributed by atoms with Gasteiger partial charge in [0, 0.05) is 23.7 Å². The lowest BCUT2D eigenvalue weighted by Crippen LogP contribution is -2.34. The molecule has 0 radical (unpaired) electrons. The number of hydrogen-bond acceptors (Lipinski definition) is 3. The summed E-state index contributed by atoms with van der Waals surface area (Å²) in [6, 6.07) is 6.11. The van der Waals surface area contributed by atoms with Crippen molar-refractivity contribution in [2.24, 2.45) is 0 Å². The number of amides is 1. The van der Waals surface area contributed by atoms with Crippen LogP contribution in [0.4, 0.5) is 5.69 Å². The third-order valence-corrected chi connectivity index (χ3v) is 3.74. The second-order valence-corrected chi connectivity index (χ2v) is 5.45. The third kappa shape index (κ3) is 3.97. The van der Waals surface area contributed by atoms with Crippen LogP contribution in [0, 0.1) is 6.92 Å². The largest absolute Gasteiger partial charge is 0.398 e. The Bertz CT molecular complexity index is 404. The molecular formula is C13H20N2OS. The van der Waals surface area contributed by atoms with Crippen LogP contribution in [0.2, 0.25) is 0 Å². The van der Waals surface area contributed by atoms with Gasteiger partial charge in [-0.1, -0.05) is 6.07 Å². The second-order valence-electron chi connectivity index (χ2n) is 4.43. The Balaban J connectivity index is 2.61. The number of rotatable bonds is 4. The van der Waals surface area contributed by atoms with E-state index in [1.165, 1.54) is 11.8 Å². The molecule has 94 valence electrons. The molecule has 4 heteroatoms. The summed E-state index contributed by atoms with van der Waals surface area (Å²) in [6.45, 7) is 6.03. The molecule has 0 unspecified atom stereocenters. The molecule has 1 rings (SSSR count). The van der Waals surface area contributed by atoms with Crippen molar-refractivity contribution in [1.82, 2.24) is 4.90 Å². The maximum atomic E-state index is 11.8. The van der Waals surface area contributed by atoms with E-state index < -0.39 is 0 Å². The highest BCUT2D eigenvalue weighted by Gasteiger charge is 2.12. The first-order valence-electron chi connectivity index (χ1n) is 5.66. The van der Waals surface area contributed by atoms with Crippen LogP contribution < -0.4 is 5.73 Å². The summed E-state index contributed by atoms with van der Waals surface area (Å²) in [5.74, 6) is 0.563. The predicted octanol–water partition coefficient (Wildman–Crippen LogP) is 2.54. The molecule has 0 saturated carbocycles. The van der Waals surface area contributed by atoms with Gasteiger partial charge < -0.3 is 10.6 Å². The van der Waals surface area contributed by atoms with Crippen molar-refractivity contribution < 1.29 is 4.79 Å². The molecular weight excluding hydrogens is 232 g/mol. The van der Waals surface area contributed by atoms with Gasteiger partial charge in [0.05, 0.1) is 5.75 Å². The molecule has 1 aromatic carbocycles. The van der Waals surface area contributed by atoms with E-state index in [-0.39, 0.29) is 11.9 Å². The van der Waals surface area contributed by atoms with Crippen molar-refractivity contribution in [3.63, 3.8) is 0 Å². The molecule has 1 amide bonds. The normalized spacial score (nSPS) is 10.6. The maximum Gasteiger partial charge on any atom is 0.232 e. The minimum absolute atomic E-state index is 0.130. The predicted molar refractivity (Wildman–Crippen MR) is 74.2 cm³/mol. The zero-order valence-corrected chi connectivity index (χ0v) is 11.7. The molecule has 2 N–H and O–H groups in total. The van der Waals surface area contributed by atoms with Gasteiger partial charge >= 0.3 is 0 Å². The van der Waals surface area contributed by atoms with E-state index in [1.54, 1.807) is 4.90 Å². The maximum absolute atomic E-state index is 11.8. The summed E-state index contributed by atoms with van der Waals surface area (Å²) in [4.78, 5) is 14.5. The standard InChI is InChI=1S/C13H20N2OS/c1-9(2)15(4)13(16)8-17-12-7-10(3)5-6-11(12)14/h5-7,9H,8,14H2,1-4H3. The first-order valence-corrected chi connectivity index (χ1v) is 6.65. The Kier molecular flexibility index (Phi) is 4.87. The quantitative estimate of drug-likeness (QED) is 0.661. The lowest BCUT2D eigenvalue weighted by molar-refractivity contribution is -0.128. The minimum Gasteiger partial charge on any atom is -0.398 e. The molecule has 0 atom stereocenters. The molecule has 0 bridgehead atoms. The lowest BCUT2D eigenvalue weighted by Gasteiger charge is -2.21. The summed E-state index contributed by atoms with van der Waals surface area (Å²) in [5.41, 5.74) is 7.76. The SMILES string of the molecule is Cc1ccc(N)c(SCC(=O)N(C)C(C)C)c1. The molecule has 0 fully saturated rings. The highest BCUT2D eigenvalue weighted by Crippen LogP contribution is 2.26. The summed E-state index contributed by atoms with van der Waals surface area (Å²) < 4.78 is 0. The minimum atomic E-state index is 0.130. The molecule has 3 nitrogen and oxygen atoms in total. The first kappa shape index (κ1) is 13.9. The number of thioether (sulfide) groups is 1. The fraction of sp³-hybridized carbons (Fsp3) is 0.462. The molecule has 0 aliphatic heterocycles. The van der Waals surface area contributed by atoms with E-state index in [2.05, 4.69) is 0 Å². The van der Waals surface area contributed by atoms with E-state index in [0.29, 0.717) is 5.75 Å². The van der Waals surface area contributed by atoms with Gasteiger partial charge in [0.1, 0.15) is 0 Å². The average Bonchev–Trinajstić information content (AvgIpc) is 2.28. The Morgan fingerprint density at radius 1 is 1.47 bits per heavy atom. The van der Waals surface area contributed by atoms with E-state index in [9.17, 15) is 4.79 Å². The fourth-order valence-corrected chi connectivity index (χ4v) is 2.28. The second kappa shape index (κ2) is 5.96. The van der Waals surface area contributed by atoms with E-state index in [1.807, 2.05) is 46.0 Å². The van der Waals surface area contributed by atoms with Crippen LogP contribution in [-0.2, 0) is 4.79 Å². The van der Waals surface area contributed by atoms with Crippen molar-refractivity contribution >= 4 is 23.4 Å². The number of carbonyl (C=O) groups excluding carboxylic acids is 1. The van der Waals surface area contributed by atoms with Gasteiger partial charge in [0.2, 0.25) is 5.91 Å². The Morgan fingerprint density at radius 2 is 2.12 bits per heavy atom. The van der Waals surface area contributed by atoms with Gasteiger partial charge in [0.15, 0.2) is 0 Å². The molecule has 1 aromatic rings. The van der Waals surface area contributed by atoms with E-state index in [0.717, 1.165) is 16.1 Å². The van der Waals surface area contributed by atoms with Gasteiger partial charge in [-0.3, -0.25) is 4.79 Å². The Morgan fingerprint density at radius 3 is 2.71 bits per heavy atom. The van der Waals surface area contributed by atoms with Gasteiger partial charge in [0.25, 0.3) is 0 Å². The number of nitrogen functional groups attached to an aromatic ring is 1. The third-order valence-electron chi connectivity index (χ3n) is 2.69. The highest BCUT2D eigenvalue weighted by molar-refractivity contribution is 8.00. The lowest BCUT2D eigenvalue weighted by atomic mass is 10.2. The number of nitrogens with zero attached hydrogens (tertiary/aromatic N) is 1. The van der Waals surface area contributed by atoms with Crippen LogP contribution >= 0.6 is 11.8 Å². The van der Waals surface area contributed by atoms with Crippen LogP contribution in [-0.4, -0.2) is 29.6 Å². The Hall–Kier alpha value is -1.16. The summed E-state index contributed by atoms with van der Waals surface area (Å²) in [7, 11) is 1.83. The molecule has 0 saturated heterocycles. The Labute approximate surface area is 107 Å². The zero-order valence-electron chi connectivity index (χ0n) is 10.9. The van der Waals surface area contributed by atoms with Crippen LogP contribution in [0.1, 0.15) is 19.4 Å². The number of anilines is 1. The van der Waals surface area contributed by atoms with Crippen molar-refractivity contribution in [1.29, 1.82) is 0 Å². The van der Waals surface area contributed by atoms with Gasteiger partial charge in [-0.05, 0) is 38.5 Å². The molecule has 0 spiro atoms. The van der Waals surface area contributed by atoms with E-state index in [4.69, 9.17) is 5.73 Å². The van der Waals surface area contributed by atoms with Gasteiger partial charge in [-0.15, -0.1) is 11.8 Å². The number of benzene rings is 1. The van der Waals surface area contributed by atoms with Crippen LogP contribution in [0.15, 0.2) is 23.1 Å². The molecule has 0 aliphatic rings. The van der Waals surface area contributed by atoms with Gasteiger partial charge in [-0.2, -0.15) is 0 Å². The first-order chi connectivity index (χ1) is 7.91. The van der Waals surface area contributed by atoms with Crippen molar-refractivity contribution in [2.45, 2.75) is 31.7 Å². The fourth-order valence-electron chi connectivity index (χ4n) is 1.30. The van der Waals surface area contributed by atoms with Crippen molar-refractivity contribution in [3.8, 4) is 0 Å². The average molecular weight is 252 g/mol. The monoisotopic (exact) mass is 252 g/mol. The number of aryl methyl sites for hydroxylation is 1. The number of nitrogens with two attached hydrogens (primary N) is 1. The molecule has 17 heavy (non-hydrogen) atoms. The van der Waals surface area contributed by atoms with Crippen molar-refractivity contribution in [3.05, 3.63) is 23.8 Å². The molecule has 0 aliphatic carbocycles. The smallest absolute Gasteiger partial charge is 0.232 e. The highest BCUT2D eigenvalue weighted by atomic mass is 32.2. The van der Waals surface area contributed by atoms with Crippen LogP contribution in [0.25, 0.3) is 0 Å². The van der Waals surface area contributed by atoms with Gasteiger partial charge in [-0.25, -0.2) is 0 Å². The zero-order chi connectivity index (χ0) is 13.0. The van der Waals surface area contributed by atoms with Crippen LogP contribution in [0.3, 0.4) is 0 Å². The number of carbonyl (C=O) groups is 1. The topological polar surface area (TPSA) is 46.3 Å². The van der Waals surface area contributed by atoms with Crippen LogP contribution in [0.5, 0.6) is 0 Å².